The Morgan fingerprint density at radius 1 is 1.11 bits per heavy atom. The number of hydrogen-bond donors (Lipinski definition) is 1. The molecule has 0 aliphatic rings. The van der Waals surface area contributed by atoms with E-state index in [0.29, 0.717) is 6.42 Å². The van der Waals surface area contributed by atoms with E-state index in [1.807, 2.05) is 62.4 Å². The van der Waals surface area contributed by atoms with Crippen molar-refractivity contribution in [3.05, 3.63) is 70.8 Å². The van der Waals surface area contributed by atoms with Gasteiger partial charge in [-0.3, -0.25) is 4.79 Å². The van der Waals surface area contributed by atoms with E-state index in [0.717, 1.165) is 16.7 Å². The third-order valence-electron chi connectivity index (χ3n) is 3.32. The maximum absolute atomic E-state index is 12.3. The summed E-state index contributed by atoms with van der Waals surface area (Å²) >= 11 is 0. The average molecular weight is 253 g/mol. The van der Waals surface area contributed by atoms with Gasteiger partial charge in [0.1, 0.15) is 0 Å². The van der Waals surface area contributed by atoms with E-state index in [1.165, 1.54) is 5.56 Å². The molecule has 1 unspecified atom stereocenters. The number of hydrogen-bond acceptors (Lipinski definition) is 2. The Kier molecular flexibility index (Phi) is 4.13. The molecule has 0 aliphatic heterocycles. The molecular weight excluding hydrogens is 234 g/mol. The van der Waals surface area contributed by atoms with E-state index >= 15 is 0 Å². The molecule has 0 fully saturated rings. The largest absolute Gasteiger partial charge is 0.324 e. The zero-order valence-electron chi connectivity index (χ0n) is 11.4. The van der Waals surface area contributed by atoms with Crippen LogP contribution in [0, 0.1) is 13.8 Å². The van der Waals surface area contributed by atoms with E-state index in [9.17, 15) is 4.79 Å². The quantitative estimate of drug-likeness (QED) is 0.846. The SMILES string of the molecule is Cc1ccc(C(=O)CC(N)c2ccccc2)c(C)c1. The van der Waals surface area contributed by atoms with Crippen molar-refractivity contribution in [1.29, 1.82) is 0 Å². The summed E-state index contributed by atoms with van der Waals surface area (Å²) in [6, 6.07) is 15.4. The van der Waals surface area contributed by atoms with Crippen LogP contribution in [0.1, 0.15) is 39.5 Å². The summed E-state index contributed by atoms with van der Waals surface area (Å²) in [6.45, 7) is 3.99. The summed E-state index contributed by atoms with van der Waals surface area (Å²) in [7, 11) is 0. The van der Waals surface area contributed by atoms with Crippen LogP contribution in [-0.2, 0) is 0 Å². The smallest absolute Gasteiger partial charge is 0.165 e. The third-order valence-corrected chi connectivity index (χ3v) is 3.32. The van der Waals surface area contributed by atoms with Gasteiger partial charge in [-0.2, -0.15) is 0 Å². The predicted octanol–water partition coefficient (Wildman–Crippen LogP) is 3.58. The molecule has 0 amide bonds. The van der Waals surface area contributed by atoms with Gasteiger partial charge in [0.25, 0.3) is 0 Å². The van der Waals surface area contributed by atoms with Gasteiger partial charge in [-0.05, 0) is 25.0 Å². The van der Waals surface area contributed by atoms with Crippen molar-refractivity contribution in [2.45, 2.75) is 26.3 Å². The van der Waals surface area contributed by atoms with Crippen LogP contribution in [0.2, 0.25) is 0 Å². The minimum atomic E-state index is -0.241. The van der Waals surface area contributed by atoms with Crippen LogP contribution >= 0.6 is 0 Å². The normalized spacial score (nSPS) is 12.2. The van der Waals surface area contributed by atoms with Crippen molar-refractivity contribution in [3.8, 4) is 0 Å². The summed E-state index contributed by atoms with van der Waals surface area (Å²) in [5, 5.41) is 0. The molecule has 2 heteroatoms. The Labute approximate surface area is 114 Å². The van der Waals surface area contributed by atoms with Crippen LogP contribution in [0.3, 0.4) is 0 Å². The highest BCUT2D eigenvalue weighted by atomic mass is 16.1. The van der Waals surface area contributed by atoms with E-state index in [2.05, 4.69) is 0 Å². The van der Waals surface area contributed by atoms with Crippen molar-refractivity contribution >= 4 is 5.78 Å². The molecule has 0 spiro atoms. The average Bonchev–Trinajstić information content (AvgIpc) is 2.39. The number of rotatable bonds is 4. The first-order chi connectivity index (χ1) is 9.08. The number of benzene rings is 2. The monoisotopic (exact) mass is 253 g/mol. The number of ketones is 1. The van der Waals surface area contributed by atoms with E-state index in [4.69, 9.17) is 5.73 Å². The van der Waals surface area contributed by atoms with Crippen molar-refractivity contribution in [2.24, 2.45) is 5.73 Å². The number of carbonyl (C=O) groups excluding carboxylic acids is 1. The van der Waals surface area contributed by atoms with Crippen molar-refractivity contribution in [3.63, 3.8) is 0 Å². The van der Waals surface area contributed by atoms with Crippen LogP contribution in [0.5, 0.6) is 0 Å². The minimum Gasteiger partial charge on any atom is -0.324 e. The molecule has 0 aromatic heterocycles. The van der Waals surface area contributed by atoms with E-state index in [-0.39, 0.29) is 11.8 Å². The molecule has 98 valence electrons. The molecule has 0 bridgehead atoms. The van der Waals surface area contributed by atoms with Gasteiger partial charge >= 0.3 is 0 Å². The van der Waals surface area contributed by atoms with Crippen molar-refractivity contribution in [2.75, 3.05) is 0 Å². The van der Waals surface area contributed by atoms with Gasteiger partial charge in [0, 0.05) is 18.0 Å². The van der Waals surface area contributed by atoms with Gasteiger partial charge in [0.15, 0.2) is 5.78 Å². The topological polar surface area (TPSA) is 43.1 Å². The fourth-order valence-electron chi connectivity index (χ4n) is 2.25. The number of carbonyl (C=O) groups is 1. The lowest BCUT2D eigenvalue weighted by atomic mass is 9.95. The molecular formula is C17H19NO. The Morgan fingerprint density at radius 2 is 1.79 bits per heavy atom. The van der Waals surface area contributed by atoms with Crippen LogP contribution < -0.4 is 5.73 Å². The van der Waals surface area contributed by atoms with E-state index < -0.39 is 0 Å². The zero-order valence-corrected chi connectivity index (χ0v) is 11.4. The molecule has 0 saturated carbocycles. The van der Waals surface area contributed by atoms with Crippen LogP contribution in [0.4, 0.5) is 0 Å². The molecule has 19 heavy (non-hydrogen) atoms. The highest BCUT2D eigenvalue weighted by molar-refractivity contribution is 5.97. The highest BCUT2D eigenvalue weighted by Crippen LogP contribution is 2.19. The molecule has 0 saturated heterocycles. The summed E-state index contributed by atoms with van der Waals surface area (Å²) in [5.41, 5.74) is 10.1. The lowest BCUT2D eigenvalue weighted by molar-refractivity contribution is 0.0973. The van der Waals surface area contributed by atoms with Gasteiger partial charge in [-0.25, -0.2) is 0 Å². The molecule has 2 rings (SSSR count). The van der Waals surface area contributed by atoms with Gasteiger partial charge in [-0.15, -0.1) is 0 Å². The highest BCUT2D eigenvalue weighted by Gasteiger charge is 2.14. The Morgan fingerprint density at radius 3 is 2.42 bits per heavy atom. The predicted molar refractivity (Wildman–Crippen MR) is 78.2 cm³/mol. The second-order valence-corrected chi connectivity index (χ2v) is 4.96. The number of aryl methyl sites for hydroxylation is 2. The lowest BCUT2D eigenvalue weighted by Gasteiger charge is -2.12. The summed E-state index contributed by atoms with van der Waals surface area (Å²) < 4.78 is 0. The second-order valence-electron chi connectivity index (χ2n) is 4.96. The molecule has 0 aliphatic carbocycles. The van der Waals surface area contributed by atoms with E-state index in [1.54, 1.807) is 0 Å². The molecule has 2 aromatic rings. The van der Waals surface area contributed by atoms with Crippen molar-refractivity contribution in [1.82, 2.24) is 0 Å². The molecule has 1 atom stereocenters. The van der Waals surface area contributed by atoms with Gasteiger partial charge in [-0.1, -0.05) is 54.1 Å². The fraction of sp³-hybridized carbons (Fsp3) is 0.235. The lowest BCUT2D eigenvalue weighted by Crippen LogP contribution is -2.16. The Hall–Kier alpha value is -1.93. The van der Waals surface area contributed by atoms with Gasteiger partial charge in [0.2, 0.25) is 0 Å². The number of nitrogens with two attached hydrogens (primary N) is 1. The van der Waals surface area contributed by atoms with Gasteiger partial charge < -0.3 is 5.73 Å². The first kappa shape index (κ1) is 13.5. The Balaban J connectivity index is 2.13. The maximum atomic E-state index is 12.3. The molecule has 0 radical (unpaired) electrons. The van der Waals surface area contributed by atoms with Crippen LogP contribution in [0.15, 0.2) is 48.5 Å². The maximum Gasteiger partial charge on any atom is 0.165 e. The molecule has 2 nitrogen and oxygen atoms in total. The molecule has 2 aromatic carbocycles. The van der Waals surface area contributed by atoms with Crippen LogP contribution in [-0.4, -0.2) is 5.78 Å². The standard InChI is InChI=1S/C17H19NO/c1-12-8-9-15(13(2)10-12)17(19)11-16(18)14-6-4-3-5-7-14/h3-10,16H,11,18H2,1-2H3. The summed E-state index contributed by atoms with van der Waals surface area (Å²) in [5.74, 6) is 0.105. The third kappa shape index (κ3) is 3.30. The minimum absolute atomic E-state index is 0.105. The second kappa shape index (κ2) is 5.81. The van der Waals surface area contributed by atoms with Crippen molar-refractivity contribution < 1.29 is 4.79 Å². The van der Waals surface area contributed by atoms with Crippen LogP contribution in [0.25, 0.3) is 0 Å². The Bertz CT molecular complexity index is 575. The summed E-state index contributed by atoms with van der Waals surface area (Å²) in [4.78, 5) is 12.3. The molecule has 2 N–H and O–H groups in total. The molecule has 0 heterocycles. The number of Topliss-reactive ketones (excluding diaryl/α,β-unsaturated/α-hetero) is 1. The first-order valence-corrected chi connectivity index (χ1v) is 6.49. The van der Waals surface area contributed by atoms with Gasteiger partial charge in [0.05, 0.1) is 0 Å². The zero-order chi connectivity index (χ0) is 13.8. The first-order valence-electron chi connectivity index (χ1n) is 6.49. The summed E-state index contributed by atoms with van der Waals surface area (Å²) in [6.07, 6.45) is 0.341. The fourth-order valence-corrected chi connectivity index (χ4v) is 2.25.